The summed E-state index contributed by atoms with van der Waals surface area (Å²) in [6, 6.07) is 5.19. The maximum Gasteiger partial charge on any atom is 0.336 e. The van der Waals surface area contributed by atoms with Gasteiger partial charge in [-0.25, -0.2) is 4.79 Å². The van der Waals surface area contributed by atoms with Crippen LogP contribution in [0.2, 0.25) is 0 Å². The van der Waals surface area contributed by atoms with Crippen LogP contribution in [0.3, 0.4) is 0 Å². The van der Waals surface area contributed by atoms with Crippen LogP contribution in [0.1, 0.15) is 34.8 Å². The van der Waals surface area contributed by atoms with Crippen LogP contribution in [0, 0.1) is 0 Å². The highest BCUT2D eigenvalue weighted by molar-refractivity contribution is 6.03. The summed E-state index contributed by atoms with van der Waals surface area (Å²) in [6.45, 7) is 0. The summed E-state index contributed by atoms with van der Waals surface area (Å²) < 4.78 is 0. The number of aromatic amines is 1. The van der Waals surface area contributed by atoms with Gasteiger partial charge in [-0.2, -0.15) is 5.10 Å². The van der Waals surface area contributed by atoms with Crippen molar-refractivity contribution in [2.75, 3.05) is 0 Å². The fourth-order valence-electron chi connectivity index (χ4n) is 1.94. The third-order valence-electron chi connectivity index (χ3n) is 2.82. The van der Waals surface area contributed by atoms with Gasteiger partial charge in [0, 0.05) is 17.0 Å². The van der Waals surface area contributed by atoms with Crippen molar-refractivity contribution in [2.45, 2.75) is 18.8 Å². The Morgan fingerprint density at radius 1 is 1.47 bits per heavy atom. The minimum atomic E-state index is -0.885. The summed E-state index contributed by atoms with van der Waals surface area (Å²) in [5.41, 5.74) is 2.09. The summed E-state index contributed by atoms with van der Waals surface area (Å²) in [7, 11) is 0. The number of fused-ring (bicyclic) bond motifs is 1. The maximum absolute atomic E-state index is 11.1. The van der Waals surface area contributed by atoms with Gasteiger partial charge in [-0.1, -0.05) is 6.07 Å². The lowest BCUT2D eigenvalue weighted by Crippen LogP contribution is -1.97. The number of carboxylic acids is 1. The Kier molecular flexibility index (Phi) is 1.59. The molecule has 0 bridgehead atoms. The zero-order valence-electron chi connectivity index (χ0n) is 8.03. The number of carbonyl (C=O) groups is 1. The van der Waals surface area contributed by atoms with Crippen LogP contribution in [-0.4, -0.2) is 21.3 Å². The first-order valence-electron chi connectivity index (χ1n) is 4.97. The number of hydrogen-bond acceptors (Lipinski definition) is 2. The summed E-state index contributed by atoms with van der Waals surface area (Å²) in [5.74, 6) is -0.403. The second-order valence-electron chi connectivity index (χ2n) is 3.92. The van der Waals surface area contributed by atoms with E-state index in [-0.39, 0.29) is 0 Å². The highest BCUT2D eigenvalue weighted by Crippen LogP contribution is 2.42. The van der Waals surface area contributed by atoms with Crippen molar-refractivity contribution in [1.82, 2.24) is 10.2 Å². The zero-order valence-corrected chi connectivity index (χ0v) is 8.03. The van der Waals surface area contributed by atoms with Gasteiger partial charge in [-0.05, 0) is 25.0 Å². The molecule has 1 saturated carbocycles. The standard InChI is InChI=1S/C11H10N2O2/c14-11(15)7-2-1-3-8-9(7)10(13-12-8)6-4-5-6/h1-3,6H,4-5H2,(H,12,13)(H,14,15). The molecule has 76 valence electrons. The van der Waals surface area contributed by atoms with Gasteiger partial charge < -0.3 is 5.11 Å². The van der Waals surface area contributed by atoms with Gasteiger partial charge >= 0.3 is 5.97 Å². The Hall–Kier alpha value is -1.84. The molecule has 1 aromatic heterocycles. The number of nitrogens with zero attached hydrogens (tertiary/aromatic N) is 1. The predicted octanol–water partition coefficient (Wildman–Crippen LogP) is 2.14. The molecule has 1 heterocycles. The Labute approximate surface area is 85.9 Å². The van der Waals surface area contributed by atoms with Gasteiger partial charge in [-0.3, -0.25) is 5.10 Å². The SMILES string of the molecule is O=C(O)c1cccc2n[nH]c(C3CC3)c12. The largest absolute Gasteiger partial charge is 0.478 e. The topological polar surface area (TPSA) is 66.0 Å². The molecule has 0 unspecified atom stereocenters. The molecule has 0 radical (unpaired) electrons. The number of hydrogen-bond donors (Lipinski definition) is 2. The molecule has 15 heavy (non-hydrogen) atoms. The van der Waals surface area contributed by atoms with Crippen LogP contribution in [0.5, 0.6) is 0 Å². The van der Waals surface area contributed by atoms with E-state index in [9.17, 15) is 4.79 Å². The fraction of sp³-hybridized carbons (Fsp3) is 0.273. The molecule has 3 rings (SSSR count). The van der Waals surface area contributed by atoms with Gasteiger partial charge in [0.15, 0.2) is 0 Å². The molecule has 1 fully saturated rings. The number of carboxylic acid groups (broad SMARTS) is 1. The van der Waals surface area contributed by atoms with Crippen LogP contribution in [0.15, 0.2) is 18.2 Å². The van der Waals surface area contributed by atoms with Gasteiger partial charge in [-0.15, -0.1) is 0 Å². The van der Waals surface area contributed by atoms with Crippen LogP contribution in [-0.2, 0) is 0 Å². The van der Waals surface area contributed by atoms with E-state index in [0.717, 1.165) is 29.4 Å². The molecular weight excluding hydrogens is 192 g/mol. The number of aromatic nitrogens is 2. The van der Waals surface area contributed by atoms with Gasteiger partial charge in [0.25, 0.3) is 0 Å². The number of aromatic carboxylic acids is 1. The molecule has 1 aliphatic rings. The molecule has 0 saturated heterocycles. The summed E-state index contributed by atoms with van der Waals surface area (Å²) in [6.07, 6.45) is 2.26. The highest BCUT2D eigenvalue weighted by atomic mass is 16.4. The van der Waals surface area contributed by atoms with Gasteiger partial charge in [0.05, 0.1) is 11.1 Å². The zero-order chi connectivity index (χ0) is 10.4. The van der Waals surface area contributed by atoms with E-state index in [1.807, 2.05) is 6.07 Å². The molecule has 1 aromatic carbocycles. The molecule has 0 spiro atoms. The lowest BCUT2D eigenvalue weighted by molar-refractivity contribution is 0.0699. The molecule has 4 heteroatoms. The van der Waals surface area contributed by atoms with Crippen LogP contribution >= 0.6 is 0 Å². The lowest BCUT2D eigenvalue weighted by atomic mass is 10.1. The second kappa shape index (κ2) is 2.82. The molecule has 0 amide bonds. The van der Waals surface area contributed by atoms with Crippen molar-refractivity contribution in [3.63, 3.8) is 0 Å². The summed E-state index contributed by atoms with van der Waals surface area (Å²) >= 11 is 0. The minimum absolute atomic E-state index is 0.350. The molecule has 4 nitrogen and oxygen atoms in total. The first-order chi connectivity index (χ1) is 7.27. The Morgan fingerprint density at radius 3 is 2.93 bits per heavy atom. The quantitative estimate of drug-likeness (QED) is 0.784. The number of benzene rings is 1. The van der Waals surface area contributed by atoms with Gasteiger partial charge in [0.1, 0.15) is 0 Å². The predicted molar refractivity (Wildman–Crippen MR) is 55.0 cm³/mol. The van der Waals surface area contributed by atoms with Crippen molar-refractivity contribution in [3.8, 4) is 0 Å². The number of nitrogens with one attached hydrogen (secondary N) is 1. The average molecular weight is 202 g/mol. The van der Waals surface area contributed by atoms with Crippen molar-refractivity contribution in [3.05, 3.63) is 29.5 Å². The second-order valence-corrected chi connectivity index (χ2v) is 3.92. The molecular formula is C11H10N2O2. The van der Waals surface area contributed by atoms with Crippen LogP contribution in [0.25, 0.3) is 10.9 Å². The first-order valence-corrected chi connectivity index (χ1v) is 4.97. The monoisotopic (exact) mass is 202 g/mol. The van der Waals surface area contributed by atoms with Crippen molar-refractivity contribution in [1.29, 1.82) is 0 Å². The highest BCUT2D eigenvalue weighted by Gasteiger charge is 2.29. The average Bonchev–Trinajstić information content (AvgIpc) is 2.97. The summed E-state index contributed by atoms with van der Waals surface area (Å²) in [4.78, 5) is 11.1. The van der Waals surface area contributed by atoms with E-state index >= 15 is 0 Å². The van der Waals surface area contributed by atoms with Crippen LogP contribution < -0.4 is 0 Å². The third kappa shape index (κ3) is 1.21. The van der Waals surface area contributed by atoms with E-state index in [1.54, 1.807) is 12.1 Å². The van der Waals surface area contributed by atoms with E-state index in [2.05, 4.69) is 10.2 Å². The first kappa shape index (κ1) is 8.47. The Balaban J connectivity index is 2.33. The summed E-state index contributed by atoms with van der Waals surface area (Å²) in [5, 5.41) is 17.0. The van der Waals surface area contributed by atoms with E-state index < -0.39 is 5.97 Å². The Bertz CT molecular complexity index is 541. The maximum atomic E-state index is 11.1. The molecule has 0 atom stereocenters. The van der Waals surface area contributed by atoms with Crippen molar-refractivity contribution >= 4 is 16.9 Å². The third-order valence-corrected chi connectivity index (χ3v) is 2.82. The lowest BCUT2D eigenvalue weighted by Gasteiger charge is -1.98. The van der Waals surface area contributed by atoms with Crippen LogP contribution in [0.4, 0.5) is 0 Å². The normalized spacial score (nSPS) is 15.7. The van der Waals surface area contributed by atoms with E-state index in [0.29, 0.717) is 11.5 Å². The number of H-pyrrole nitrogens is 1. The Morgan fingerprint density at radius 2 is 2.27 bits per heavy atom. The van der Waals surface area contributed by atoms with E-state index in [4.69, 9.17) is 5.11 Å². The fourth-order valence-corrected chi connectivity index (χ4v) is 1.94. The van der Waals surface area contributed by atoms with E-state index in [1.165, 1.54) is 0 Å². The number of rotatable bonds is 2. The smallest absolute Gasteiger partial charge is 0.336 e. The molecule has 0 aliphatic heterocycles. The van der Waals surface area contributed by atoms with Crippen molar-refractivity contribution < 1.29 is 9.90 Å². The molecule has 2 aromatic rings. The van der Waals surface area contributed by atoms with Gasteiger partial charge in [0.2, 0.25) is 0 Å². The molecule has 1 aliphatic carbocycles. The van der Waals surface area contributed by atoms with Crippen molar-refractivity contribution in [2.24, 2.45) is 0 Å². The minimum Gasteiger partial charge on any atom is -0.478 e. The molecule has 2 N–H and O–H groups in total.